The van der Waals surface area contributed by atoms with Crippen LogP contribution in [0.2, 0.25) is 0 Å². The molecular formula is C13H16BrNO3S. The number of halogens is 1. The number of hydrogen-bond acceptors (Lipinski definition) is 3. The number of rotatable bonds is 5. The highest BCUT2D eigenvalue weighted by atomic mass is 79.9. The van der Waals surface area contributed by atoms with Crippen molar-refractivity contribution in [1.82, 2.24) is 4.31 Å². The van der Waals surface area contributed by atoms with Gasteiger partial charge in [0.25, 0.3) is 10.0 Å². The van der Waals surface area contributed by atoms with Crippen LogP contribution in [0.5, 0.6) is 0 Å². The van der Waals surface area contributed by atoms with Crippen LogP contribution in [-0.2, 0) is 14.8 Å². The third-order valence-electron chi connectivity index (χ3n) is 2.51. The lowest BCUT2D eigenvalue weighted by Gasteiger charge is -2.20. The number of allylic oxidation sites excluding steroid dienone is 1. The van der Waals surface area contributed by atoms with Gasteiger partial charge in [0.05, 0.1) is 16.8 Å². The predicted molar refractivity (Wildman–Crippen MR) is 78.7 cm³/mol. The number of hydrogen-bond donors (Lipinski definition) is 0. The maximum absolute atomic E-state index is 12.4. The molecule has 0 fully saturated rings. The molecular weight excluding hydrogens is 330 g/mol. The van der Waals surface area contributed by atoms with E-state index in [-0.39, 0.29) is 16.8 Å². The Morgan fingerprint density at radius 1 is 1.32 bits per heavy atom. The molecule has 104 valence electrons. The molecule has 0 saturated heterocycles. The van der Waals surface area contributed by atoms with E-state index in [2.05, 4.69) is 15.9 Å². The molecule has 1 amide bonds. The van der Waals surface area contributed by atoms with Crippen molar-refractivity contribution in [2.75, 3.05) is 11.9 Å². The SMILES string of the molecule is C/C=C/CN(C(=O)CBr)S(=O)(=O)c1ccc(C)cc1. The molecule has 0 aliphatic rings. The molecule has 1 aromatic rings. The molecule has 6 heteroatoms. The normalized spacial score (nSPS) is 11.7. The summed E-state index contributed by atoms with van der Waals surface area (Å²) in [7, 11) is -3.80. The van der Waals surface area contributed by atoms with Crippen LogP contribution in [0, 0.1) is 6.92 Å². The average Bonchev–Trinajstić information content (AvgIpc) is 2.39. The van der Waals surface area contributed by atoms with Gasteiger partial charge in [0, 0.05) is 0 Å². The van der Waals surface area contributed by atoms with E-state index in [1.54, 1.807) is 31.2 Å². The minimum Gasteiger partial charge on any atom is -0.273 e. The fourth-order valence-corrected chi connectivity index (χ4v) is 3.26. The first kappa shape index (κ1) is 15.9. The van der Waals surface area contributed by atoms with Gasteiger partial charge < -0.3 is 0 Å². The van der Waals surface area contributed by atoms with Crippen molar-refractivity contribution in [3.8, 4) is 0 Å². The fraction of sp³-hybridized carbons (Fsp3) is 0.308. The van der Waals surface area contributed by atoms with Crippen molar-refractivity contribution in [2.24, 2.45) is 0 Å². The maximum atomic E-state index is 12.4. The first-order chi connectivity index (χ1) is 8.93. The zero-order valence-corrected chi connectivity index (χ0v) is 13.2. The van der Waals surface area contributed by atoms with Crippen LogP contribution < -0.4 is 0 Å². The molecule has 0 aliphatic heterocycles. The first-order valence-corrected chi connectivity index (χ1v) is 8.29. The summed E-state index contributed by atoms with van der Waals surface area (Å²) in [6, 6.07) is 6.43. The number of nitrogens with zero attached hydrogens (tertiary/aromatic N) is 1. The van der Waals surface area contributed by atoms with Crippen LogP contribution in [0.1, 0.15) is 12.5 Å². The van der Waals surface area contributed by atoms with Crippen molar-refractivity contribution in [2.45, 2.75) is 18.7 Å². The highest BCUT2D eigenvalue weighted by Gasteiger charge is 2.27. The first-order valence-electron chi connectivity index (χ1n) is 5.73. The Balaban J connectivity index is 3.18. The van der Waals surface area contributed by atoms with Crippen molar-refractivity contribution < 1.29 is 13.2 Å². The Labute approximate surface area is 122 Å². The monoisotopic (exact) mass is 345 g/mol. The van der Waals surface area contributed by atoms with Gasteiger partial charge in [-0.1, -0.05) is 45.8 Å². The minimum atomic E-state index is -3.80. The van der Waals surface area contributed by atoms with Crippen molar-refractivity contribution >= 4 is 31.9 Å². The summed E-state index contributed by atoms with van der Waals surface area (Å²) in [4.78, 5) is 11.9. The van der Waals surface area contributed by atoms with Gasteiger partial charge in [-0.25, -0.2) is 12.7 Å². The van der Waals surface area contributed by atoms with Crippen LogP contribution in [0.25, 0.3) is 0 Å². The Bertz CT molecular complexity index is 564. The summed E-state index contributed by atoms with van der Waals surface area (Å²) in [6.45, 7) is 3.68. The Hall–Kier alpha value is -1.14. The lowest BCUT2D eigenvalue weighted by atomic mass is 10.2. The molecule has 1 rings (SSSR count). The van der Waals surface area contributed by atoms with Crippen LogP contribution in [0.4, 0.5) is 0 Å². The maximum Gasteiger partial charge on any atom is 0.266 e. The molecule has 0 aliphatic carbocycles. The standard InChI is InChI=1S/C13H16BrNO3S/c1-3-4-9-15(13(16)10-14)19(17,18)12-7-5-11(2)6-8-12/h3-8H,9-10H2,1-2H3/b4-3+. The third-order valence-corrected chi connectivity index (χ3v) is 4.79. The summed E-state index contributed by atoms with van der Waals surface area (Å²) < 4.78 is 25.7. The van der Waals surface area contributed by atoms with Crippen molar-refractivity contribution in [1.29, 1.82) is 0 Å². The highest BCUT2D eigenvalue weighted by molar-refractivity contribution is 9.09. The molecule has 0 bridgehead atoms. The van der Waals surface area contributed by atoms with Gasteiger partial charge in [-0.05, 0) is 26.0 Å². The minimum absolute atomic E-state index is 0.0321. The van der Waals surface area contributed by atoms with Crippen LogP contribution in [-0.4, -0.2) is 30.5 Å². The number of alkyl halides is 1. The lowest BCUT2D eigenvalue weighted by molar-refractivity contribution is -0.123. The number of benzene rings is 1. The second kappa shape index (κ2) is 6.86. The number of carbonyl (C=O) groups is 1. The van der Waals surface area contributed by atoms with E-state index in [1.807, 2.05) is 6.92 Å². The molecule has 0 spiro atoms. The van der Waals surface area contributed by atoms with Gasteiger partial charge in [0.1, 0.15) is 0 Å². The molecule has 0 unspecified atom stereocenters. The average molecular weight is 346 g/mol. The Kier molecular flexibility index (Phi) is 5.75. The smallest absolute Gasteiger partial charge is 0.266 e. The van der Waals surface area contributed by atoms with Gasteiger partial charge >= 0.3 is 0 Å². The molecule has 1 aromatic carbocycles. The molecule has 0 N–H and O–H groups in total. The largest absolute Gasteiger partial charge is 0.273 e. The number of aryl methyl sites for hydroxylation is 1. The topological polar surface area (TPSA) is 54.5 Å². The third kappa shape index (κ3) is 3.91. The molecule has 4 nitrogen and oxygen atoms in total. The lowest BCUT2D eigenvalue weighted by Crippen LogP contribution is -2.37. The summed E-state index contributed by atoms with van der Waals surface area (Å²) in [5, 5.41) is -0.0321. The molecule has 0 heterocycles. The van der Waals surface area contributed by atoms with E-state index < -0.39 is 15.9 Å². The van der Waals surface area contributed by atoms with E-state index >= 15 is 0 Å². The Morgan fingerprint density at radius 3 is 2.37 bits per heavy atom. The second-order valence-corrected chi connectivity index (χ2v) is 6.37. The van der Waals surface area contributed by atoms with E-state index in [1.165, 1.54) is 12.1 Å². The van der Waals surface area contributed by atoms with Gasteiger partial charge in [-0.3, -0.25) is 4.79 Å². The highest BCUT2D eigenvalue weighted by Crippen LogP contribution is 2.17. The fourth-order valence-electron chi connectivity index (χ4n) is 1.44. The molecule has 0 atom stereocenters. The van der Waals surface area contributed by atoms with E-state index in [0.717, 1.165) is 9.87 Å². The zero-order valence-electron chi connectivity index (χ0n) is 10.8. The van der Waals surface area contributed by atoms with Crippen LogP contribution >= 0.6 is 15.9 Å². The number of sulfonamides is 1. The van der Waals surface area contributed by atoms with E-state index in [0.29, 0.717) is 0 Å². The molecule has 19 heavy (non-hydrogen) atoms. The summed E-state index contributed by atoms with van der Waals surface area (Å²) in [6.07, 6.45) is 3.34. The summed E-state index contributed by atoms with van der Waals surface area (Å²) >= 11 is 3.00. The van der Waals surface area contributed by atoms with E-state index in [4.69, 9.17) is 0 Å². The second-order valence-electron chi connectivity index (χ2n) is 3.95. The van der Waals surface area contributed by atoms with Crippen LogP contribution in [0.15, 0.2) is 41.3 Å². The number of amides is 1. The summed E-state index contributed by atoms with van der Waals surface area (Å²) in [5.74, 6) is -0.487. The molecule has 0 radical (unpaired) electrons. The quantitative estimate of drug-likeness (QED) is 0.608. The zero-order chi connectivity index (χ0) is 14.5. The summed E-state index contributed by atoms with van der Waals surface area (Å²) in [5.41, 5.74) is 0.964. The predicted octanol–water partition coefficient (Wildman–Crippen LogP) is 2.48. The van der Waals surface area contributed by atoms with Gasteiger partial charge in [0.15, 0.2) is 0 Å². The van der Waals surface area contributed by atoms with Crippen molar-refractivity contribution in [3.05, 3.63) is 42.0 Å². The van der Waals surface area contributed by atoms with E-state index in [9.17, 15) is 13.2 Å². The van der Waals surface area contributed by atoms with Crippen LogP contribution in [0.3, 0.4) is 0 Å². The van der Waals surface area contributed by atoms with Gasteiger partial charge in [-0.2, -0.15) is 0 Å². The van der Waals surface area contributed by atoms with Gasteiger partial charge in [-0.15, -0.1) is 0 Å². The Morgan fingerprint density at radius 2 is 1.89 bits per heavy atom. The molecule has 0 saturated carbocycles. The molecule has 0 aromatic heterocycles. The van der Waals surface area contributed by atoms with Gasteiger partial charge in [0.2, 0.25) is 5.91 Å². The van der Waals surface area contributed by atoms with Crippen molar-refractivity contribution in [3.63, 3.8) is 0 Å². The number of carbonyl (C=O) groups excluding carboxylic acids is 1.